The molecule has 0 radical (unpaired) electrons. The molecule has 1 aromatic carbocycles. The SMILES string of the molecule is C[NH+]1CC[NH+]([C@@H](CNC(=S)NCc2ccc(F)cc2)c2cccs2)CC1. The third-order valence-corrected chi connectivity index (χ3v) is 6.23. The van der Waals surface area contributed by atoms with Gasteiger partial charge in [-0.25, -0.2) is 4.39 Å². The Hall–Kier alpha value is -1.54. The lowest BCUT2D eigenvalue weighted by Gasteiger charge is -2.33. The van der Waals surface area contributed by atoms with Gasteiger partial charge >= 0.3 is 0 Å². The molecule has 1 aromatic heterocycles. The van der Waals surface area contributed by atoms with Gasteiger partial charge in [-0.05, 0) is 41.4 Å². The maximum absolute atomic E-state index is 13.0. The Kier molecular flexibility index (Phi) is 6.96. The first-order valence-corrected chi connectivity index (χ1v) is 10.4. The number of thiophene rings is 1. The summed E-state index contributed by atoms with van der Waals surface area (Å²) in [5.74, 6) is -0.217. The second-order valence-corrected chi connectivity index (χ2v) is 8.26. The largest absolute Gasteiger partial charge is 0.359 e. The summed E-state index contributed by atoms with van der Waals surface area (Å²) in [6.45, 7) is 6.22. The van der Waals surface area contributed by atoms with E-state index in [9.17, 15) is 4.39 Å². The van der Waals surface area contributed by atoms with Crippen LogP contribution in [0.25, 0.3) is 0 Å². The summed E-state index contributed by atoms with van der Waals surface area (Å²) >= 11 is 7.26. The molecule has 26 heavy (non-hydrogen) atoms. The number of hydrogen-bond donors (Lipinski definition) is 4. The summed E-state index contributed by atoms with van der Waals surface area (Å²) in [7, 11) is 2.27. The summed E-state index contributed by atoms with van der Waals surface area (Å²) in [5, 5.41) is 9.40. The van der Waals surface area contributed by atoms with Crippen LogP contribution >= 0.6 is 23.6 Å². The van der Waals surface area contributed by atoms with Crippen LogP contribution in [0.2, 0.25) is 0 Å². The van der Waals surface area contributed by atoms with Gasteiger partial charge in [-0.3, -0.25) is 0 Å². The van der Waals surface area contributed by atoms with Crippen molar-refractivity contribution in [3.63, 3.8) is 0 Å². The highest BCUT2D eigenvalue weighted by molar-refractivity contribution is 7.80. The number of hydrogen-bond acceptors (Lipinski definition) is 2. The van der Waals surface area contributed by atoms with Gasteiger partial charge in [-0.1, -0.05) is 18.2 Å². The number of likely N-dealkylation sites (N-methyl/N-ethyl adjacent to an activating group) is 1. The molecule has 0 saturated carbocycles. The fraction of sp³-hybridized carbons (Fsp3) is 0.421. The third kappa shape index (κ3) is 5.48. The minimum atomic E-state index is -0.217. The first kappa shape index (κ1) is 19.2. The highest BCUT2D eigenvalue weighted by Gasteiger charge is 2.29. The lowest BCUT2D eigenvalue weighted by Crippen LogP contribution is -3.27. The van der Waals surface area contributed by atoms with Crippen LogP contribution in [0.5, 0.6) is 0 Å². The van der Waals surface area contributed by atoms with Gasteiger partial charge in [0, 0.05) is 6.54 Å². The predicted octanol–water partition coefficient (Wildman–Crippen LogP) is 0.00580. The quantitative estimate of drug-likeness (QED) is 0.521. The minimum absolute atomic E-state index is 0.217. The van der Waals surface area contributed by atoms with Crippen LogP contribution in [-0.2, 0) is 6.54 Å². The normalized spacial score (nSPS) is 21.2. The van der Waals surface area contributed by atoms with E-state index in [1.165, 1.54) is 43.2 Å². The fourth-order valence-electron chi connectivity index (χ4n) is 3.32. The second kappa shape index (κ2) is 9.41. The molecular weight excluding hydrogens is 367 g/mol. The number of halogens is 1. The summed E-state index contributed by atoms with van der Waals surface area (Å²) in [6.07, 6.45) is 0. The number of nitrogens with one attached hydrogen (secondary N) is 4. The van der Waals surface area contributed by atoms with Crippen molar-refractivity contribution in [2.24, 2.45) is 0 Å². The van der Waals surface area contributed by atoms with E-state index < -0.39 is 0 Å². The first-order chi connectivity index (χ1) is 12.6. The minimum Gasteiger partial charge on any atom is -0.359 e. The van der Waals surface area contributed by atoms with Crippen LogP contribution in [0.3, 0.4) is 0 Å². The van der Waals surface area contributed by atoms with E-state index in [0.29, 0.717) is 17.7 Å². The topological polar surface area (TPSA) is 32.9 Å². The molecule has 4 nitrogen and oxygen atoms in total. The highest BCUT2D eigenvalue weighted by atomic mass is 32.1. The van der Waals surface area contributed by atoms with Gasteiger partial charge in [0.25, 0.3) is 0 Å². The molecule has 0 bridgehead atoms. The first-order valence-electron chi connectivity index (χ1n) is 9.07. The monoisotopic (exact) mass is 394 g/mol. The fourth-order valence-corrected chi connectivity index (χ4v) is 4.37. The van der Waals surface area contributed by atoms with Gasteiger partial charge in [-0.15, -0.1) is 11.3 Å². The maximum Gasteiger partial charge on any atom is 0.166 e. The van der Waals surface area contributed by atoms with Crippen molar-refractivity contribution in [1.29, 1.82) is 0 Å². The highest BCUT2D eigenvalue weighted by Crippen LogP contribution is 2.16. The molecule has 140 valence electrons. The Balaban J connectivity index is 1.52. The van der Waals surface area contributed by atoms with Gasteiger partial charge in [-0.2, -0.15) is 0 Å². The van der Waals surface area contributed by atoms with Crippen molar-refractivity contribution in [1.82, 2.24) is 10.6 Å². The molecule has 7 heteroatoms. The van der Waals surface area contributed by atoms with Crippen LogP contribution in [0.4, 0.5) is 4.39 Å². The maximum atomic E-state index is 13.0. The molecule has 0 aliphatic carbocycles. The number of quaternary nitrogens is 2. The number of rotatable bonds is 6. The molecule has 1 aliphatic heterocycles. The molecule has 0 spiro atoms. The standard InChI is InChI=1S/C19H25FN4S2/c1-23-8-10-24(11-9-23)17(18-3-2-12-26-18)14-22-19(25)21-13-15-4-6-16(20)7-5-15/h2-7,12,17H,8-11,13-14H2,1H3,(H2,21,22,25)/p+2/t17-/m0/s1. The molecule has 0 amide bonds. The Morgan fingerprint density at radius 2 is 1.88 bits per heavy atom. The van der Waals surface area contributed by atoms with Crippen LogP contribution in [0.15, 0.2) is 41.8 Å². The number of benzene rings is 1. The van der Waals surface area contributed by atoms with Gasteiger partial charge in [0.1, 0.15) is 38.0 Å². The molecule has 2 aromatic rings. The van der Waals surface area contributed by atoms with Crippen molar-refractivity contribution in [3.05, 3.63) is 58.0 Å². The number of thiocarbonyl (C=S) groups is 1. The zero-order chi connectivity index (χ0) is 18.4. The lowest BCUT2D eigenvalue weighted by atomic mass is 10.1. The Bertz CT molecular complexity index is 682. The lowest BCUT2D eigenvalue weighted by molar-refractivity contribution is -1.02. The van der Waals surface area contributed by atoms with E-state index in [0.717, 1.165) is 12.1 Å². The molecule has 1 fully saturated rings. The van der Waals surface area contributed by atoms with Gasteiger partial charge in [0.2, 0.25) is 0 Å². The summed E-state index contributed by atoms with van der Waals surface area (Å²) < 4.78 is 13.0. The van der Waals surface area contributed by atoms with Crippen LogP contribution in [-0.4, -0.2) is 44.9 Å². The third-order valence-electron chi connectivity index (χ3n) is 4.96. The zero-order valence-electron chi connectivity index (χ0n) is 15.1. The van der Waals surface area contributed by atoms with Crippen LogP contribution in [0.1, 0.15) is 16.5 Å². The zero-order valence-corrected chi connectivity index (χ0v) is 16.7. The van der Waals surface area contributed by atoms with Crippen LogP contribution in [0, 0.1) is 5.82 Å². The molecule has 2 heterocycles. The van der Waals surface area contributed by atoms with E-state index >= 15 is 0 Å². The molecule has 3 rings (SSSR count). The number of piperazine rings is 1. The summed E-state index contributed by atoms with van der Waals surface area (Å²) in [4.78, 5) is 4.66. The average molecular weight is 395 g/mol. The molecule has 1 saturated heterocycles. The molecule has 0 unspecified atom stereocenters. The van der Waals surface area contributed by atoms with E-state index in [4.69, 9.17) is 12.2 Å². The molecule has 1 aliphatic rings. The van der Waals surface area contributed by atoms with E-state index in [1.807, 2.05) is 11.3 Å². The molecule has 4 N–H and O–H groups in total. The van der Waals surface area contributed by atoms with Crippen molar-refractivity contribution in [3.8, 4) is 0 Å². The van der Waals surface area contributed by atoms with Gasteiger partial charge in [0.05, 0.1) is 18.5 Å². The summed E-state index contributed by atoms with van der Waals surface area (Å²) in [6, 6.07) is 11.3. The van der Waals surface area contributed by atoms with E-state index in [-0.39, 0.29) is 5.82 Å². The predicted molar refractivity (Wildman–Crippen MR) is 108 cm³/mol. The van der Waals surface area contributed by atoms with Crippen molar-refractivity contribution in [2.45, 2.75) is 12.6 Å². The Morgan fingerprint density at radius 3 is 2.54 bits per heavy atom. The Labute approximate surface area is 164 Å². The Morgan fingerprint density at radius 1 is 1.15 bits per heavy atom. The van der Waals surface area contributed by atoms with E-state index in [2.05, 4.69) is 35.2 Å². The molecule has 1 atom stereocenters. The van der Waals surface area contributed by atoms with Crippen molar-refractivity contribution in [2.75, 3.05) is 39.8 Å². The van der Waals surface area contributed by atoms with Crippen LogP contribution < -0.4 is 20.4 Å². The smallest absolute Gasteiger partial charge is 0.166 e. The van der Waals surface area contributed by atoms with Crippen molar-refractivity contribution >= 4 is 28.7 Å². The second-order valence-electron chi connectivity index (χ2n) is 6.87. The van der Waals surface area contributed by atoms with Crippen molar-refractivity contribution < 1.29 is 14.2 Å². The van der Waals surface area contributed by atoms with E-state index in [1.54, 1.807) is 21.9 Å². The summed E-state index contributed by atoms with van der Waals surface area (Å²) in [5.41, 5.74) is 1.01. The average Bonchev–Trinajstić information content (AvgIpc) is 3.17. The van der Waals surface area contributed by atoms with Gasteiger partial charge in [0.15, 0.2) is 5.11 Å². The van der Waals surface area contributed by atoms with Gasteiger partial charge < -0.3 is 20.4 Å². The molecular formula is C19H27FN4S2+2.